The summed E-state index contributed by atoms with van der Waals surface area (Å²) in [5.74, 6) is -5.66. The molecule has 0 bridgehead atoms. The summed E-state index contributed by atoms with van der Waals surface area (Å²) in [6.45, 7) is 4.49. The predicted octanol–water partition coefficient (Wildman–Crippen LogP) is -1.56. The Morgan fingerprint density at radius 1 is 0.878 bits per heavy atom. The SMILES string of the molecule is CC(C)C[C@H](NC(=O)[C@@H]1CCCN1C(=O)[C@H](CCC(=O)O)NC(=O)[C@@H]1CCCN1)C(=O)N[C@@H](CCC(N)=O)C(=O)O. The molecule has 0 spiro atoms. The molecule has 2 rings (SSSR count). The highest BCUT2D eigenvalue weighted by atomic mass is 16.4. The van der Waals surface area contributed by atoms with E-state index in [4.69, 9.17) is 10.8 Å². The molecule has 0 saturated carbocycles. The predicted molar refractivity (Wildman–Crippen MR) is 144 cm³/mol. The van der Waals surface area contributed by atoms with E-state index in [9.17, 15) is 38.7 Å². The minimum Gasteiger partial charge on any atom is -0.481 e. The molecule has 5 amide bonds. The van der Waals surface area contributed by atoms with E-state index >= 15 is 0 Å². The quantitative estimate of drug-likeness (QED) is 0.110. The van der Waals surface area contributed by atoms with Crippen molar-refractivity contribution in [2.45, 2.75) is 102 Å². The lowest BCUT2D eigenvalue weighted by Gasteiger charge is -2.30. The zero-order chi connectivity index (χ0) is 30.7. The first-order valence-corrected chi connectivity index (χ1v) is 14.0. The smallest absolute Gasteiger partial charge is 0.326 e. The molecule has 15 heteroatoms. The number of likely N-dealkylation sites (tertiary alicyclic amines) is 1. The number of carbonyl (C=O) groups excluding carboxylic acids is 5. The average Bonchev–Trinajstić information content (AvgIpc) is 3.60. The Kier molecular flexibility index (Phi) is 13.0. The van der Waals surface area contributed by atoms with Crippen LogP contribution in [0.5, 0.6) is 0 Å². The van der Waals surface area contributed by atoms with E-state index in [1.54, 1.807) is 0 Å². The number of nitrogens with one attached hydrogen (secondary N) is 4. The van der Waals surface area contributed by atoms with Gasteiger partial charge in [-0.3, -0.25) is 28.8 Å². The molecule has 8 N–H and O–H groups in total. The monoisotopic (exact) mass is 582 g/mol. The van der Waals surface area contributed by atoms with Gasteiger partial charge in [0.15, 0.2) is 0 Å². The van der Waals surface area contributed by atoms with Crippen molar-refractivity contribution in [1.29, 1.82) is 0 Å². The van der Waals surface area contributed by atoms with Crippen LogP contribution >= 0.6 is 0 Å². The van der Waals surface area contributed by atoms with Crippen LogP contribution in [0.15, 0.2) is 0 Å². The zero-order valence-electron chi connectivity index (χ0n) is 23.5. The molecule has 230 valence electrons. The van der Waals surface area contributed by atoms with Crippen LogP contribution in [0.4, 0.5) is 0 Å². The van der Waals surface area contributed by atoms with Gasteiger partial charge in [-0.05, 0) is 57.4 Å². The normalized spacial score (nSPS) is 20.6. The number of hydrogen-bond donors (Lipinski definition) is 7. The third kappa shape index (κ3) is 10.6. The maximum Gasteiger partial charge on any atom is 0.326 e. The number of rotatable bonds is 16. The maximum absolute atomic E-state index is 13.5. The largest absolute Gasteiger partial charge is 0.481 e. The molecule has 2 fully saturated rings. The minimum absolute atomic E-state index is 0.0685. The van der Waals surface area contributed by atoms with Crippen LogP contribution < -0.4 is 27.0 Å². The van der Waals surface area contributed by atoms with E-state index in [0.29, 0.717) is 19.4 Å². The first-order valence-electron chi connectivity index (χ1n) is 14.0. The van der Waals surface area contributed by atoms with Crippen molar-refractivity contribution in [3.8, 4) is 0 Å². The van der Waals surface area contributed by atoms with Crippen LogP contribution in [0.1, 0.15) is 71.6 Å². The summed E-state index contributed by atoms with van der Waals surface area (Å²) < 4.78 is 0. The van der Waals surface area contributed by atoms with E-state index in [0.717, 1.165) is 6.42 Å². The Bertz CT molecular complexity index is 998. The summed E-state index contributed by atoms with van der Waals surface area (Å²) in [7, 11) is 0. The second-order valence-electron chi connectivity index (χ2n) is 10.9. The molecular weight excluding hydrogens is 540 g/mol. The van der Waals surface area contributed by atoms with Gasteiger partial charge in [-0.25, -0.2) is 4.79 Å². The number of nitrogens with two attached hydrogens (primary N) is 1. The fourth-order valence-corrected chi connectivity index (χ4v) is 5.00. The minimum atomic E-state index is -1.39. The number of aliphatic carboxylic acids is 2. The van der Waals surface area contributed by atoms with Gasteiger partial charge in [-0.15, -0.1) is 0 Å². The van der Waals surface area contributed by atoms with Gasteiger partial charge < -0.3 is 42.1 Å². The van der Waals surface area contributed by atoms with Gasteiger partial charge in [-0.1, -0.05) is 13.8 Å². The van der Waals surface area contributed by atoms with Gasteiger partial charge in [0.1, 0.15) is 24.2 Å². The molecule has 2 aliphatic rings. The Labute approximate surface area is 238 Å². The second kappa shape index (κ2) is 15.9. The molecule has 41 heavy (non-hydrogen) atoms. The van der Waals surface area contributed by atoms with E-state index in [1.165, 1.54) is 4.90 Å². The zero-order valence-corrected chi connectivity index (χ0v) is 23.5. The summed E-state index contributed by atoms with van der Waals surface area (Å²) in [6.07, 6.45) is 1.32. The number of nitrogens with zero attached hydrogens (tertiary/aromatic N) is 1. The van der Waals surface area contributed by atoms with Crippen LogP contribution in [0.25, 0.3) is 0 Å². The van der Waals surface area contributed by atoms with Crippen molar-refractivity contribution < 1.29 is 43.8 Å². The molecule has 0 aromatic rings. The Morgan fingerprint density at radius 2 is 1.54 bits per heavy atom. The van der Waals surface area contributed by atoms with Crippen LogP contribution in [0.2, 0.25) is 0 Å². The fourth-order valence-electron chi connectivity index (χ4n) is 5.00. The second-order valence-corrected chi connectivity index (χ2v) is 10.9. The van der Waals surface area contributed by atoms with E-state index in [1.807, 2.05) is 13.8 Å². The Hall–Kier alpha value is -3.75. The van der Waals surface area contributed by atoms with Crippen LogP contribution in [-0.4, -0.2) is 99.9 Å². The number of carboxylic acids is 2. The van der Waals surface area contributed by atoms with Gasteiger partial charge in [0, 0.05) is 19.4 Å². The lowest BCUT2D eigenvalue weighted by Crippen LogP contribution is -2.58. The van der Waals surface area contributed by atoms with Crippen molar-refractivity contribution in [3.05, 3.63) is 0 Å². The summed E-state index contributed by atoms with van der Waals surface area (Å²) in [6, 6.07) is -5.11. The van der Waals surface area contributed by atoms with E-state index in [2.05, 4.69) is 21.3 Å². The van der Waals surface area contributed by atoms with Crippen LogP contribution in [0.3, 0.4) is 0 Å². The third-order valence-electron chi connectivity index (χ3n) is 7.11. The molecule has 2 aliphatic heterocycles. The topological polar surface area (TPSA) is 237 Å². The van der Waals surface area contributed by atoms with Crippen LogP contribution in [-0.2, 0) is 33.6 Å². The van der Waals surface area contributed by atoms with Crippen molar-refractivity contribution in [1.82, 2.24) is 26.2 Å². The van der Waals surface area contributed by atoms with Gasteiger partial charge in [0.05, 0.1) is 6.04 Å². The molecular formula is C26H42N6O9. The number of carbonyl (C=O) groups is 7. The molecule has 0 aromatic carbocycles. The maximum atomic E-state index is 13.5. The van der Waals surface area contributed by atoms with E-state index in [-0.39, 0.29) is 51.0 Å². The van der Waals surface area contributed by atoms with Gasteiger partial charge >= 0.3 is 11.9 Å². The molecule has 15 nitrogen and oxygen atoms in total. The molecule has 0 aliphatic carbocycles. The molecule has 2 heterocycles. The number of amides is 5. The summed E-state index contributed by atoms with van der Waals surface area (Å²) in [4.78, 5) is 87.8. The summed E-state index contributed by atoms with van der Waals surface area (Å²) in [5, 5.41) is 29.3. The van der Waals surface area contributed by atoms with Crippen molar-refractivity contribution in [2.24, 2.45) is 11.7 Å². The highest BCUT2D eigenvalue weighted by molar-refractivity contribution is 5.96. The van der Waals surface area contributed by atoms with Gasteiger partial charge in [0.2, 0.25) is 29.5 Å². The first kappa shape index (κ1) is 33.5. The molecule has 5 atom stereocenters. The Morgan fingerprint density at radius 3 is 2.10 bits per heavy atom. The summed E-state index contributed by atoms with van der Waals surface area (Å²) in [5.41, 5.74) is 5.09. The highest BCUT2D eigenvalue weighted by Gasteiger charge is 2.40. The number of primary amides is 1. The van der Waals surface area contributed by atoms with Crippen molar-refractivity contribution in [3.63, 3.8) is 0 Å². The van der Waals surface area contributed by atoms with Gasteiger partial charge in [0.25, 0.3) is 0 Å². The summed E-state index contributed by atoms with van der Waals surface area (Å²) >= 11 is 0. The third-order valence-corrected chi connectivity index (χ3v) is 7.11. The Balaban J connectivity index is 2.15. The number of hydrogen-bond acceptors (Lipinski definition) is 8. The van der Waals surface area contributed by atoms with Crippen LogP contribution in [0, 0.1) is 5.92 Å². The molecule has 0 radical (unpaired) electrons. The van der Waals surface area contributed by atoms with E-state index < -0.39 is 71.7 Å². The molecule has 0 unspecified atom stereocenters. The fraction of sp³-hybridized carbons (Fsp3) is 0.731. The molecule has 0 aromatic heterocycles. The first-order chi connectivity index (χ1) is 19.3. The molecule has 2 saturated heterocycles. The number of carboxylic acid groups (broad SMARTS) is 2. The van der Waals surface area contributed by atoms with Gasteiger partial charge in [-0.2, -0.15) is 0 Å². The van der Waals surface area contributed by atoms with Crippen molar-refractivity contribution >= 4 is 41.5 Å². The standard InChI is InChI=1S/C26H42N6O9/c1-14(2)13-18(23(37)30-17(26(40)41)7-9-20(27)33)31-24(38)19-6-4-12-32(19)25(39)16(8-10-21(34)35)29-22(36)15-5-3-11-28-15/h14-19,28H,3-13H2,1-2H3,(H2,27,33)(H,29,36)(H,30,37)(H,31,38)(H,34,35)(H,40,41)/t15-,16-,17-,18-,19-/m0/s1. The lowest BCUT2D eigenvalue weighted by atomic mass is 10.0. The average molecular weight is 583 g/mol. The highest BCUT2D eigenvalue weighted by Crippen LogP contribution is 2.21. The lowest BCUT2D eigenvalue weighted by molar-refractivity contribution is -0.144. The van der Waals surface area contributed by atoms with Crippen molar-refractivity contribution in [2.75, 3.05) is 13.1 Å².